The fraction of sp³-hybridized carbons (Fsp3) is 0.818. The summed E-state index contributed by atoms with van der Waals surface area (Å²) in [5, 5.41) is 8.63. The number of carbonyl (C=O) groups is 2. The van der Waals surface area contributed by atoms with E-state index in [1.54, 1.807) is 4.90 Å². The third-order valence-electron chi connectivity index (χ3n) is 3.16. The molecular weight excluding hydrogens is 222 g/mol. The quantitative estimate of drug-likeness (QED) is 0.766. The molecule has 1 aliphatic heterocycles. The number of carboxylic acid groups (broad SMARTS) is 1. The summed E-state index contributed by atoms with van der Waals surface area (Å²) in [6.07, 6.45) is 1.89. The number of rotatable bonds is 3. The number of aliphatic carboxylic acids is 1. The Hall–Kier alpha value is -1.30. The van der Waals surface area contributed by atoms with Gasteiger partial charge in [0.15, 0.2) is 0 Å². The van der Waals surface area contributed by atoms with Gasteiger partial charge in [-0.3, -0.25) is 4.79 Å². The van der Waals surface area contributed by atoms with Crippen LogP contribution in [0.25, 0.3) is 0 Å². The molecule has 0 aromatic carbocycles. The van der Waals surface area contributed by atoms with Gasteiger partial charge >= 0.3 is 12.0 Å². The molecule has 0 bridgehead atoms. The zero-order valence-electron chi connectivity index (χ0n) is 10.7. The van der Waals surface area contributed by atoms with E-state index in [4.69, 9.17) is 5.11 Å². The van der Waals surface area contributed by atoms with Crippen LogP contribution < -0.4 is 0 Å². The molecule has 0 aromatic heterocycles. The Morgan fingerprint density at radius 1 is 1.24 bits per heavy atom. The van der Waals surface area contributed by atoms with E-state index in [0.29, 0.717) is 19.1 Å². The van der Waals surface area contributed by atoms with Crippen LogP contribution in [0.2, 0.25) is 0 Å². The minimum Gasteiger partial charge on any atom is -0.480 e. The van der Waals surface area contributed by atoms with Crippen LogP contribution in [0.15, 0.2) is 0 Å². The lowest BCUT2D eigenvalue weighted by molar-refractivity contribution is -0.137. The van der Waals surface area contributed by atoms with Gasteiger partial charge in [0, 0.05) is 26.2 Å². The molecule has 0 aliphatic carbocycles. The highest BCUT2D eigenvalue weighted by Gasteiger charge is 2.26. The van der Waals surface area contributed by atoms with Crippen molar-refractivity contribution in [1.29, 1.82) is 0 Å². The predicted molar refractivity (Wildman–Crippen MR) is 63.9 cm³/mol. The van der Waals surface area contributed by atoms with Crippen LogP contribution in [0, 0.1) is 0 Å². The van der Waals surface area contributed by atoms with Crippen molar-refractivity contribution < 1.29 is 14.7 Å². The van der Waals surface area contributed by atoms with Crippen molar-refractivity contribution >= 4 is 12.0 Å². The molecule has 0 aromatic rings. The number of urea groups is 1. The second-order valence-electron chi connectivity index (χ2n) is 4.71. The van der Waals surface area contributed by atoms with Crippen LogP contribution in [0.1, 0.15) is 12.8 Å². The van der Waals surface area contributed by atoms with Crippen LogP contribution in [0.4, 0.5) is 4.79 Å². The summed E-state index contributed by atoms with van der Waals surface area (Å²) < 4.78 is 0. The first kappa shape index (κ1) is 13.8. The largest absolute Gasteiger partial charge is 0.480 e. The zero-order chi connectivity index (χ0) is 13.0. The Balaban J connectivity index is 2.43. The second-order valence-corrected chi connectivity index (χ2v) is 4.71. The van der Waals surface area contributed by atoms with Crippen LogP contribution in [0.3, 0.4) is 0 Å². The standard InChI is InChI=1S/C11H21N3O3/c1-12(2)9-4-6-14(7-5-9)11(17)13(3)8-10(15)16/h9H,4-8H2,1-3H3,(H,15,16). The number of piperidine rings is 1. The SMILES string of the molecule is CN(CC(=O)O)C(=O)N1CCC(N(C)C)CC1. The molecule has 2 amide bonds. The summed E-state index contributed by atoms with van der Waals surface area (Å²) in [5.41, 5.74) is 0. The van der Waals surface area contributed by atoms with Crippen molar-refractivity contribution in [3.63, 3.8) is 0 Å². The van der Waals surface area contributed by atoms with E-state index in [-0.39, 0.29) is 12.6 Å². The van der Waals surface area contributed by atoms with Gasteiger partial charge < -0.3 is 19.8 Å². The molecule has 1 aliphatic rings. The maximum atomic E-state index is 11.9. The maximum Gasteiger partial charge on any atom is 0.323 e. The van der Waals surface area contributed by atoms with Crippen LogP contribution in [0.5, 0.6) is 0 Å². The number of carbonyl (C=O) groups excluding carboxylic acids is 1. The fourth-order valence-electron chi connectivity index (χ4n) is 2.09. The minimum atomic E-state index is -0.982. The maximum absolute atomic E-state index is 11.9. The molecule has 0 saturated carbocycles. The topological polar surface area (TPSA) is 64.1 Å². The predicted octanol–water partition coefficient (Wildman–Crippen LogP) is 0.149. The molecule has 0 atom stereocenters. The number of hydrogen-bond acceptors (Lipinski definition) is 3. The van der Waals surface area contributed by atoms with E-state index in [0.717, 1.165) is 12.8 Å². The van der Waals surface area contributed by atoms with Crippen molar-refractivity contribution in [2.45, 2.75) is 18.9 Å². The Morgan fingerprint density at radius 3 is 2.18 bits per heavy atom. The number of hydrogen-bond donors (Lipinski definition) is 1. The smallest absolute Gasteiger partial charge is 0.323 e. The number of nitrogens with zero attached hydrogens (tertiary/aromatic N) is 3. The van der Waals surface area contributed by atoms with Crippen molar-refractivity contribution in [1.82, 2.24) is 14.7 Å². The molecule has 1 N–H and O–H groups in total. The first-order valence-corrected chi connectivity index (χ1v) is 5.80. The Bertz CT molecular complexity index is 286. The summed E-state index contributed by atoms with van der Waals surface area (Å²) in [5.74, 6) is -0.982. The van der Waals surface area contributed by atoms with Gasteiger partial charge in [-0.2, -0.15) is 0 Å². The van der Waals surface area contributed by atoms with Gasteiger partial charge in [-0.15, -0.1) is 0 Å². The lowest BCUT2D eigenvalue weighted by Crippen LogP contribution is -2.49. The van der Waals surface area contributed by atoms with Gasteiger partial charge in [0.1, 0.15) is 6.54 Å². The summed E-state index contributed by atoms with van der Waals surface area (Å²) in [6, 6.07) is 0.327. The number of carboxylic acids is 1. The molecule has 1 fully saturated rings. The molecule has 0 radical (unpaired) electrons. The first-order chi connectivity index (χ1) is 7.91. The molecule has 0 spiro atoms. The molecule has 6 nitrogen and oxygen atoms in total. The lowest BCUT2D eigenvalue weighted by Gasteiger charge is -2.36. The van der Waals surface area contributed by atoms with Gasteiger partial charge in [0.2, 0.25) is 0 Å². The van der Waals surface area contributed by atoms with Gasteiger partial charge in [-0.25, -0.2) is 4.79 Å². The van der Waals surface area contributed by atoms with E-state index in [1.165, 1.54) is 11.9 Å². The summed E-state index contributed by atoms with van der Waals surface area (Å²) in [7, 11) is 5.60. The Labute approximate surface area is 102 Å². The first-order valence-electron chi connectivity index (χ1n) is 5.80. The van der Waals surface area contributed by atoms with Crippen LogP contribution >= 0.6 is 0 Å². The van der Waals surface area contributed by atoms with E-state index in [2.05, 4.69) is 4.90 Å². The molecule has 17 heavy (non-hydrogen) atoms. The minimum absolute atomic E-state index is 0.190. The lowest BCUT2D eigenvalue weighted by atomic mass is 10.0. The van der Waals surface area contributed by atoms with E-state index < -0.39 is 5.97 Å². The normalized spacial score (nSPS) is 17.3. The molecule has 6 heteroatoms. The highest BCUT2D eigenvalue weighted by Crippen LogP contribution is 2.15. The number of amides is 2. The van der Waals surface area contributed by atoms with Crippen LogP contribution in [-0.4, -0.2) is 78.6 Å². The highest BCUT2D eigenvalue weighted by atomic mass is 16.4. The monoisotopic (exact) mass is 243 g/mol. The molecule has 0 unspecified atom stereocenters. The summed E-state index contributed by atoms with van der Waals surface area (Å²) >= 11 is 0. The van der Waals surface area contributed by atoms with Crippen molar-refractivity contribution in [2.75, 3.05) is 40.8 Å². The van der Waals surface area contributed by atoms with Crippen LogP contribution in [-0.2, 0) is 4.79 Å². The van der Waals surface area contributed by atoms with Gasteiger partial charge in [0.25, 0.3) is 0 Å². The Morgan fingerprint density at radius 2 is 1.76 bits per heavy atom. The third-order valence-corrected chi connectivity index (χ3v) is 3.16. The third kappa shape index (κ3) is 3.89. The molecule has 1 heterocycles. The van der Waals surface area contributed by atoms with E-state index in [9.17, 15) is 9.59 Å². The van der Waals surface area contributed by atoms with Gasteiger partial charge in [-0.05, 0) is 26.9 Å². The Kier molecular flexibility index (Phi) is 4.74. The molecule has 1 rings (SSSR count). The van der Waals surface area contributed by atoms with Crippen molar-refractivity contribution in [3.8, 4) is 0 Å². The highest BCUT2D eigenvalue weighted by molar-refractivity contribution is 5.79. The molecule has 98 valence electrons. The van der Waals surface area contributed by atoms with Crippen molar-refractivity contribution in [2.24, 2.45) is 0 Å². The molecular formula is C11H21N3O3. The van der Waals surface area contributed by atoms with E-state index >= 15 is 0 Å². The summed E-state index contributed by atoms with van der Waals surface area (Å²) in [4.78, 5) is 27.5. The van der Waals surface area contributed by atoms with Gasteiger partial charge in [0.05, 0.1) is 0 Å². The molecule has 1 saturated heterocycles. The van der Waals surface area contributed by atoms with Crippen molar-refractivity contribution in [3.05, 3.63) is 0 Å². The van der Waals surface area contributed by atoms with E-state index in [1.807, 2.05) is 14.1 Å². The zero-order valence-corrected chi connectivity index (χ0v) is 10.7. The number of likely N-dealkylation sites (N-methyl/N-ethyl adjacent to an activating group) is 1. The average molecular weight is 243 g/mol. The number of likely N-dealkylation sites (tertiary alicyclic amines) is 1. The van der Waals surface area contributed by atoms with Gasteiger partial charge in [-0.1, -0.05) is 0 Å². The second kappa shape index (κ2) is 5.86. The average Bonchev–Trinajstić information content (AvgIpc) is 2.27. The summed E-state index contributed by atoms with van der Waals surface area (Å²) in [6.45, 7) is 1.16. The fourth-order valence-corrected chi connectivity index (χ4v) is 2.09.